The van der Waals surface area contributed by atoms with Crippen LogP contribution in [0.4, 0.5) is 0 Å². The second-order valence-electron chi connectivity index (χ2n) is 6.21. The Hall–Kier alpha value is -2.12. The van der Waals surface area contributed by atoms with Gasteiger partial charge < -0.3 is 9.42 Å². The molecule has 0 bridgehead atoms. The normalized spacial score (nSPS) is 16.9. The molecule has 1 aliphatic rings. The zero-order chi connectivity index (χ0) is 17.8. The SMILES string of the molecule is O=C(CCSc1ccccc1)N1CC[C@H](c2noc(-c3ccsc3)n2)C1. The summed E-state index contributed by atoms with van der Waals surface area (Å²) in [6.07, 6.45) is 1.44. The smallest absolute Gasteiger partial charge is 0.258 e. The Balaban J connectivity index is 1.28. The van der Waals surface area contributed by atoms with E-state index < -0.39 is 0 Å². The number of hydrogen-bond acceptors (Lipinski definition) is 6. The number of amides is 1. The minimum atomic E-state index is 0.164. The first-order chi connectivity index (χ1) is 12.8. The molecule has 1 atom stereocenters. The summed E-state index contributed by atoms with van der Waals surface area (Å²) in [5, 5.41) is 8.11. The summed E-state index contributed by atoms with van der Waals surface area (Å²) in [5.74, 6) is 2.44. The van der Waals surface area contributed by atoms with Crippen molar-refractivity contribution < 1.29 is 9.32 Å². The van der Waals surface area contributed by atoms with Crippen LogP contribution >= 0.6 is 23.1 Å². The Morgan fingerprint density at radius 2 is 2.19 bits per heavy atom. The lowest BCUT2D eigenvalue weighted by Crippen LogP contribution is -2.28. The van der Waals surface area contributed by atoms with Crippen LogP contribution < -0.4 is 0 Å². The molecule has 0 saturated carbocycles. The van der Waals surface area contributed by atoms with Gasteiger partial charge in [0, 0.05) is 41.5 Å². The van der Waals surface area contributed by atoms with Gasteiger partial charge in [-0.15, -0.1) is 11.8 Å². The minimum Gasteiger partial charge on any atom is -0.342 e. The van der Waals surface area contributed by atoms with Crippen molar-refractivity contribution in [1.82, 2.24) is 15.0 Å². The molecule has 1 amide bonds. The van der Waals surface area contributed by atoms with E-state index in [-0.39, 0.29) is 11.8 Å². The van der Waals surface area contributed by atoms with Crippen molar-refractivity contribution in [1.29, 1.82) is 0 Å². The van der Waals surface area contributed by atoms with Crippen molar-refractivity contribution in [3.8, 4) is 11.5 Å². The van der Waals surface area contributed by atoms with Gasteiger partial charge in [-0.05, 0) is 30.0 Å². The van der Waals surface area contributed by atoms with Crippen LogP contribution in [0.2, 0.25) is 0 Å². The fourth-order valence-electron chi connectivity index (χ4n) is 3.03. The number of thioether (sulfide) groups is 1. The van der Waals surface area contributed by atoms with E-state index in [0.29, 0.717) is 24.7 Å². The monoisotopic (exact) mass is 385 g/mol. The Morgan fingerprint density at radius 1 is 1.31 bits per heavy atom. The maximum absolute atomic E-state index is 12.5. The van der Waals surface area contributed by atoms with Crippen LogP contribution in [0.25, 0.3) is 11.5 Å². The van der Waals surface area contributed by atoms with E-state index >= 15 is 0 Å². The van der Waals surface area contributed by atoms with E-state index in [9.17, 15) is 4.79 Å². The summed E-state index contributed by atoms with van der Waals surface area (Å²) in [7, 11) is 0. The van der Waals surface area contributed by atoms with Crippen LogP contribution in [-0.4, -0.2) is 39.8 Å². The van der Waals surface area contributed by atoms with E-state index in [0.717, 1.165) is 24.3 Å². The molecule has 1 fully saturated rings. The highest BCUT2D eigenvalue weighted by molar-refractivity contribution is 7.99. The number of aromatic nitrogens is 2. The average molecular weight is 386 g/mol. The molecule has 134 valence electrons. The number of rotatable bonds is 6. The fraction of sp³-hybridized carbons (Fsp3) is 0.316. The van der Waals surface area contributed by atoms with Gasteiger partial charge in [-0.1, -0.05) is 23.4 Å². The molecule has 1 aromatic carbocycles. The second-order valence-corrected chi connectivity index (χ2v) is 8.15. The Bertz CT molecular complexity index is 849. The maximum atomic E-state index is 12.5. The Morgan fingerprint density at radius 3 is 3.00 bits per heavy atom. The summed E-state index contributed by atoms with van der Waals surface area (Å²) in [6.45, 7) is 1.44. The van der Waals surface area contributed by atoms with E-state index in [1.165, 1.54) is 4.90 Å². The molecule has 2 aromatic heterocycles. The Kier molecular flexibility index (Phi) is 5.36. The minimum absolute atomic E-state index is 0.164. The summed E-state index contributed by atoms with van der Waals surface area (Å²) in [6, 6.07) is 12.2. The highest BCUT2D eigenvalue weighted by Gasteiger charge is 2.30. The molecule has 0 spiro atoms. The summed E-state index contributed by atoms with van der Waals surface area (Å²) in [5.41, 5.74) is 0.956. The number of likely N-dealkylation sites (tertiary alicyclic amines) is 1. The first kappa shape index (κ1) is 17.3. The van der Waals surface area contributed by atoms with Crippen LogP contribution in [-0.2, 0) is 4.79 Å². The first-order valence-corrected chi connectivity index (χ1v) is 10.5. The summed E-state index contributed by atoms with van der Waals surface area (Å²) in [4.78, 5) is 20.1. The zero-order valence-electron chi connectivity index (χ0n) is 14.2. The van der Waals surface area contributed by atoms with Crippen LogP contribution in [0.3, 0.4) is 0 Å². The van der Waals surface area contributed by atoms with E-state index in [1.807, 2.05) is 39.9 Å². The van der Waals surface area contributed by atoms with Crippen molar-refractivity contribution in [2.24, 2.45) is 0 Å². The second kappa shape index (κ2) is 8.05. The van der Waals surface area contributed by atoms with Gasteiger partial charge in [0.2, 0.25) is 5.91 Å². The highest BCUT2D eigenvalue weighted by atomic mass is 32.2. The lowest BCUT2D eigenvalue weighted by atomic mass is 10.1. The van der Waals surface area contributed by atoms with Crippen LogP contribution in [0.15, 0.2) is 56.6 Å². The highest BCUT2D eigenvalue weighted by Crippen LogP contribution is 2.28. The Labute approximate surface area is 160 Å². The standard InChI is InChI=1S/C19H19N3O2S2/c23-17(8-11-26-16-4-2-1-3-5-16)22-9-6-14(12-22)18-20-19(24-21-18)15-7-10-25-13-15/h1-5,7,10,13-14H,6,8-9,11-12H2/t14-/m0/s1. The van der Waals surface area contributed by atoms with Gasteiger partial charge >= 0.3 is 0 Å². The fourth-order valence-corrected chi connectivity index (χ4v) is 4.52. The molecule has 26 heavy (non-hydrogen) atoms. The van der Waals surface area contributed by atoms with Crippen molar-refractivity contribution >= 4 is 29.0 Å². The van der Waals surface area contributed by atoms with Crippen molar-refractivity contribution in [2.75, 3.05) is 18.8 Å². The lowest BCUT2D eigenvalue weighted by molar-refractivity contribution is -0.129. The average Bonchev–Trinajstić information content (AvgIpc) is 3.42. The quantitative estimate of drug-likeness (QED) is 0.592. The van der Waals surface area contributed by atoms with Crippen LogP contribution in [0.1, 0.15) is 24.6 Å². The summed E-state index contributed by atoms with van der Waals surface area (Å²) < 4.78 is 5.37. The van der Waals surface area contributed by atoms with Crippen molar-refractivity contribution in [3.05, 3.63) is 53.0 Å². The molecule has 4 rings (SSSR count). The molecule has 0 unspecified atom stereocenters. The summed E-state index contributed by atoms with van der Waals surface area (Å²) >= 11 is 3.32. The molecule has 5 nitrogen and oxygen atoms in total. The third-order valence-corrected chi connectivity index (χ3v) is 6.14. The molecule has 0 radical (unpaired) electrons. The third-order valence-electron chi connectivity index (χ3n) is 4.44. The van der Waals surface area contributed by atoms with Crippen molar-refractivity contribution in [2.45, 2.75) is 23.7 Å². The molecule has 3 aromatic rings. The molecule has 0 aliphatic carbocycles. The topological polar surface area (TPSA) is 59.2 Å². The molecule has 1 aliphatic heterocycles. The molecule has 0 N–H and O–H groups in total. The van der Waals surface area contributed by atoms with Crippen LogP contribution in [0, 0.1) is 0 Å². The number of carbonyl (C=O) groups excluding carboxylic acids is 1. The van der Waals surface area contributed by atoms with Gasteiger partial charge in [0.1, 0.15) is 0 Å². The number of benzene rings is 1. The van der Waals surface area contributed by atoms with Gasteiger partial charge in [-0.25, -0.2) is 0 Å². The van der Waals surface area contributed by atoms with Crippen molar-refractivity contribution in [3.63, 3.8) is 0 Å². The van der Waals surface area contributed by atoms with Gasteiger partial charge in [0.25, 0.3) is 5.89 Å². The maximum Gasteiger partial charge on any atom is 0.258 e. The predicted molar refractivity (Wildman–Crippen MR) is 103 cm³/mol. The predicted octanol–water partition coefficient (Wildman–Crippen LogP) is 4.30. The van der Waals surface area contributed by atoms with Crippen LogP contribution in [0.5, 0.6) is 0 Å². The largest absolute Gasteiger partial charge is 0.342 e. The van der Waals surface area contributed by atoms with Gasteiger partial charge in [0.15, 0.2) is 5.82 Å². The van der Waals surface area contributed by atoms with E-state index in [2.05, 4.69) is 22.3 Å². The molecular weight excluding hydrogens is 366 g/mol. The number of hydrogen-bond donors (Lipinski definition) is 0. The zero-order valence-corrected chi connectivity index (χ0v) is 15.8. The first-order valence-electron chi connectivity index (χ1n) is 8.61. The third kappa shape index (κ3) is 3.99. The molecule has 3 heterocycles. The van der Waals surface area contributed by atoms with Gasteiger partial charge in [-0.2, -0.15) is 16.3 Å². The number of nitrogens with zero attached hydrogens (tertiary/aromatic N) is 3. The van der Waals surface area contributed by atoms with E-state index in [4.69, 9.17) is 4.52 Å². The number of carbonyl (C=O) groups is 1. The molecule has 7 heteroatoms. The van der Waals surface area contributed by atoms with Gasteiger partial charge in [0.05, 0.1) is 5.56 Å². The molecular formula is C19H19N3O2S2. The van der Waals surface area contributed by atoms with E-state index in [1.54, 1.807) is 23.1 Å². The number of thiophene rings is 1. The van der Waals surface area contributed by atoms with Gasteiger partial charge in [-0.3, -0.25) is 4.79 Å². The lowest BCUT2D eigenvalue weighted by Gasteiger charge is -2.15. The molecule has 1 saturated heterocycles.